The molecule has 0 radical (unpaired) electrons. The number of hydrogen-bond donors (Lipinski definition) is 1. The summed E-state index contributed by atoms with van der Waals surface area (Å²) in [7, 11) is -3.46. The number of carbonyl (C=O) groups excluding carboxylic acids is 2. The summed E-state index contributed by atoms with van der Waals surface area (Å²) in [6.07, 6.45) is 5.18. The smallest absolute Gasteiger partial charge is 0.282 e. The van der Waals surface area contributed by atoms with Crippen molar-refractivity contribution in [3.63, 3.8) is 0 Å². The monoisotopic (exact) mass is 434 g/mol. The average molecular weight is 435 g/mol. The van der Waals surface area contributed by atoms with Crippen LogP contribution in [-0.2, 0) is 21.5 Å². The van der Waals surface area contributed by atoms with Crippen LogP contribution in [0.1, 0.15) is 41.6 Å². The highest BCUT2D eigenvalue weighted by molar-refractivity contribution is 7.86. The lowest BCUT2D eigenvalue weighted by Crippen LogP contribution is -2.54. The minimum Gasteiger partial charge on any atom is -0.348 e. The molecule has 0 atom stereocenters. The van der Waals surface area contributed by atoms with Crippen LogP contribution in [0.5, 0.6) is 0 Å². The van der Waals surface area contributed by atoms with Gasteiger partial charge < -0.3 is 10.2 Å². The number of benzene rings is 1. The van der Waals surface area contributed by atoms with E-state index in [2.05, 4.69) is 11.9 Å². The van der Waals surface area contributed by atoms with E-state index in [0.29, 0.717) is 51.4 Å². The van der Waals surface area contributed by atoms with Gasteiger partial charge in [-0.3, -0.25) is 9.59 Å². The number of rotatable bonds is 6. The second-order valence-electron chi connectivity index (χ2n) is 7.63. The van der Waals surface area contributed by atoms with Gasteiger partial charge in [-0.25, -0.2) is 0 Å². The standard InChI is InChI=1S/C21H30N4O4S/c1-2-20(26)22-17-18-7-9-19(10-8-18)21(27)23-13-15-25(16-14-23)30(28,29)24-11-5-3-4-6-12-24/h2,7-10H,1,3-6,11-17H2,(H,22,26). The summed E-state index contributed by atoms with van der Waals surface area (Å²) in [6.45, 7) is 6.33. The molecule has 1 aromatic carbocycles. The fourth-order valence-corrected chi connectivity index (χ4v) is 5.44. The molecule has 2 aliphatic rings. The quantitative estimate of drug-likeness (QED) is 0.685. The maximum atomic E-state index is 12.9. The van der Waals surface area contributed by atoms with Crippen molar-refractivity contribution in [1.82, 2.24) is 18.8 Å². The third kappa shape index (κ3) is 5.47. The molecule has 2 heterocycles. The first-order valence-corrected chi connectivity index (χ1v) is 11.9. The van der Waals surface area contributed by atoms with Gasteiger partial charge in [0.05, 0.1) is 0 Å². The number of amides is 2. The summed E-state index contributed by atoms with van der Waals surface area (Å²) < 4.78 is 28.9. The largest absolute Gasteiger partial charge is 0.348 e. The molecular formula is C21H30N4O4S. The van der Waals surface area contributed by atoms with Crippen molar-refractivity contribution in [2.75, 3.05) is 39.3 Å². The Morgan fingerprint density at radius 3 is 2.03 bits per heavy atom. The molecule has 8 nitrogen and oxygen atoms in total. The van der Waals surface area contributed by atoms with Gasteiger partial charge in [-0.1, -0.05) is 31.6 Å². The Morgan fingerprint density at radius 1 is 0.900 bits per heavy atom. The molecule has 0 aromatic heterocycles. The molecule has 1 aromatic rings. The molecule has 0 unspecified atom stereocenters. The molecule has 164 valence electrons. The van der Waals surface area contributed by atoms with Gasteiger partial charge >= 0.3 is 0 Å². The van der Waals surface area contributed by atoms with E-state index in [1.165, 1.54) is 10.4 Å². The zero-order valence-electron chi connectivity index (χ0n) is 17.3. The zero-order valence-corrected chi connectivity index (χ0v) is 18.1. The summed E-state index contributed by atoms with van der Waals surface area (Å²) in [5, 5.41) is 2.69. The van der Waals surface area contributed by atoms with Crippen LogP contribution in [-0.4, -0.2) is 73.0 Å². The first kappa shape index (κ1) is 22.5. The highest BCUT2D eigenvalue weighted by atomic mass is 32.2. The molecule has 1 N–H and O–H groups in total. The minimum absolute atomic E-state index is 0.108. The molecule has 0 spiro atoms. The maximum Gasteiger partial charge on any atom is 0.282 e. The van der Waals surface area contributed by atoms with Crippen LogP contribution in [0.2, 0.25) is 0 Å². The van der Waals surface area contributed by atoms with Gasteiger partial charge in [0.15, 0.2) is 0 Å². The number of nitrogens with one attached hydrogen (secondary N) is 1. The summed E-state index contributed by atoms with van der Waals surface area (Å²) in [4.78, 5) is 25.7. The zero-order chi connectivity index (χ0) is 21.6. The number of piperazine rings is 1. The van der Waals surface area contributed by atoms with E-state index in [0.717, 1.165) is 31.2 Å². The number of nitrogens with zero attached hydrogens (tertiary/aromatic N) is 3. The molecule has 2 fully saturated rings. The summed E-state index contributed by atoms with van der Waals surface area (Å²) in [5.41, 5.74) is 1.44. The van der Waals surface area contributed by atoms with Gasteiger partial charge in [0.25, 0.3) is 16.1 Å². The Balaban J connectivity index is 1.54. The van der Waals surface area contributed by atoms with E-state index < -0.39 is 10.2 Å². The van der Waals surface area contributed by atoms with Crippen molar-refractivity contribution in [3.8, 4) is 0 Å². The lowest BCUT2D eigenvalue weighted by molar-refractivity contribution is -0.116. The SMILES string of the molecule is C=CC(=O)NCc1ccc(C(=O)N2CCN(S(=O)(=O)N3CCCCCC3)CC2)cc1. The third-order valence-corrected chi connectivity index (χ3v) is 7.63. The molecular weight excluding hydrogens is 404 g/mol. The topological polar surface area (TPSA) is 90.0 Å². The van der Waals surface area contributed by atoms with Gasteiger partial charge in [0.2, 0.25) is 5.91 Å². The van der Waals surface area contributed by atoms with Crippen LogP contribution in [0.25, 0.3) is 0 Å². The van der Waals surface area contributed by atoms with Crippen molar-refractivity contribution in [2.45, 2.75) is 32.2 Å². The van der Waals surface area contributed by atoms with Crippen molar-refractivity contribution >= 4 is 22.0 Å². The summed E-state index contributed by atoms with van der Waals surface area (Å²) in [5.74, 6) is -0.355. The minimum atomic E-state index is -3.46. The third-order valence-electron chi connectivity index (χ3n) is 5.60. The molecule has 2 saturated heterocycles. The average Bonchev–Trinajstić information content (AvgIpc) is 3.07. The van der Waals surface area contributed by atoms with Gasteiger partial charge in [-0.15, -0.1) is 0 Å². The van der Waals surface area contributed by atoms with Crippen molar-refractivity contribution in [2.24, 2.45) is 0 Å². The second-order valence-corrected chi connectivity index (χ2v) is 9.56. The highest BCUT2D eigenvalue weighted by Gasteiger charge is 2.33. The van der Waals surface area contributed by atoms with Crippen LogP contribution in [0.4, 0.5) is 0 Å². The first-order valence-electron chi connectivity index (χ1n) is 10.5. The van der Waals surface area contributed by atoms with Gasteiger partial charge in [0, 0.05) is 51.4 Å². The fraction of sp³-hybridized carbons (Fsp3) is 0.524. The van der Waals surface area contributed by atoms with Crippen molar-refractivity contribution < 1.29 is 18.0 Å². The predicted molar refractivity (Wildman–Crippen MR) is 115 cm³/mol. The Hall–Kier alpha value is -2.23. The van der Waals surface area contributed by atoms with Gasteiger partial charge in [0.1, 0.15) is 0 Å². The summed E-state index contributed by atoms with van der Waals surface area (Å²) in [6, 6.07) is 7.07. The number of carbonyl (C=O) groups is 2. The first-order chi connectivity index (χ1) is 14.4. The van der Waals surface area contributed by atoms with E-state index >= 15 is 0 Å². The molecule has 3 rings (SSSR count). The summed E-state index contributed by atoms with van der Waals surface area (Å²) >= 11 is 0. The molecule has 9 heteroatoms. The molecule has 0 saturated carbocycles. The van der Waals surface area contributed by atoms with Gasteiger partial charge in [-0.05, 0) is 36.6 Å². The molecule has 0 bridgehead atoms. The lowest BCUT2D eigenvalue weighted by Gasteiger charge is -2.36. The van der Waals surface area contributed by atoms with Crippen LogP contribution in [0, 0.1) is 0 Å². The normalized spacial score (nSPS) is 19.1. The fourth-order valence-electron chi connectivity index (χ4n) is 3.77. The van der Waals surface area contributed by atoms with Crippen LogP contribution < -0.4 is 5.32 Å². The van der Waals surface area contributed by atoms with E-state index in [1.54, 1.807) is 33.5 Å². The molecule has 30 heavy (non-hydrogen) atoms. The number of hydrogen-bond acceptors (Lipinski definition) is 4. The molecule has 2 aliphatic heterocycles. The van der Waals surface area contributed by atoms with Gasteiger partial charge in [-0.2, -0.15) is 17.0 Å². The van der Waals surface area contributed by atoms with Crippen LogP contribution in [0.3, 0.4) is 0 Å². The van der Waals surface area contributed by atoms with E-state index in [9.17, 15) is 18.0 Å². The predicted octanol–water partition coefficient (Wildman–Crippen LogP) is 1.37. The Morgan fingerprint density at radius 2 is 1.47 bits per heavy atom. The Bertz CT molecular complexity index is 853. The van der Waals surface area contributed by atoms with E-state index in [-0.39, 0.29) is 11.8 Å². The Labute approximate surface area is 178 Å². The van der Waals surface area contributed by atoms with Crippen molar-refractivity contribution in [3.05, 3.63) is 48.0 Å². The lowest BCUT2D eigenvalue weighted by atomic mass is 10.1. The molecule has 0 aliphatic carbocycles. The Kier molecular flexibility index (Phi) is 7.63. The highest BCUT2D eigenvalue weighted by Crippen LogP contribution is 2.19. The van der Waals surface area contributed by atoms with Crippen LogP contribution >= 0.6 is 0 Å². The second kappa shape index (κ2) is 10.2. The van der Waals surface area contributed by atoms with Crippen LogP contribution in [0.15, 0.2) is 36.9 Å². The van der Waals surface area contributed by atoms with Crippen molar-refractivity contribution in [1.29, 1.82) is 0 Å². The maximum absolute atomic E-state index is 12.9. The van der Waals surface area contributed by atoms with E-state index in [4.69, 9.17) is 0 Å². The van der Waals surface area contributed by atoms with E-state index in [1.807, 2.05) is 0 Å². The molecule has 2 amide bonds.